The molecule has 0 atom stereocenters. The monoisotopic (exact) mass is 523 g/mol. The third-order valence-electron chi connectivity index (χ3n) is 5.22. The van der Waals surface area contributed by atoms with Crippen LogP contribution in [0.25, 0.3) is 0 Å². The molecular formula is C26H26FN5O4S. The van der Waals surface area contributed by atoms with Gasteiger partial charge < -0.3 is 10.1 Å². The van der Waals surface area contributed by atoms with Gasteiger partial charge in [0.15, 0.2) is 5.70 Å². The number of halogens is 1. The van der Waals surface area contributed by atoms with Gasteiger partial charge in [0.2, 0.25) is 0 Å². The van der Waals surface area contributed by atoms with Crippen LogP contribution in [0.5, 0.6) is 0 Å². The van der Waals surface area contributed by atoms with Crippen molar-refractivity contribution < 1.29 is 18.8 Å². The van der Waals surface area contributed by atoms with Crippen LogP contribution in [0.4, 0.5) is 21.5 Å². The number of rotatable bonds is 12. The number of hydrogen-bond donors (Lipinski definition) is 2. The Hall–Kier alpha value is -4.22. The zero-order chi connectivity index (χ0) is 26.8. The first-order valence-corrected chi connectivity index (χ1v) is 12.1. The number of anilines is 2. The maximum absolute atomic E-state index is 13.2. The van der Waals surface area contributed by atoms with Crippen LogP contribution >= 0.6 is 11.8 Å². The average Bonchev–Trinajstić information content (AvgIpc) is 2.91. The van der Waals surface area contributed by atoms with E-state index in [1.807, 2.05) is 30.3 Å². The maximum Gasteiger partial charge on any atom is 0.359 e. The number of esters is 1. The van der Waals surface area contributed by atoms with Gasteiger partial charge in [-0.1, -0.05) is 24.3 Å². The van der Waals surface area contributed by atoms with Crippen LogP contribution in [0, 0.1) is 15.9 Å². The summed E-state index contributed by atoms with van der Waals surface area (Å²) in [5.41, 5.74) is 1.18. The normalized spacial score (nSPS) is 11.3. The van der Waals surface area contributed by atoms with E-state index in [1.54, 1.807) is 23.9 Å². The third-order valence-corrected chi connectivity index (χ3v) is 6.23. The van der Waals surface area contributed by atoms with Gasteiger partial charge in [0.05, 0.1) is 16.3 Å². The number of nitrogens with one attached hydrogen (secondary N) is 1. The maximum atomic E-state index is 13.2. The predicted octanol–water partition coefficient (Wildman–Crippen LogP) is 5.29. The Morgan fingerprint density at radius 1 is 1.19 bits per heavy atom. The smallest absolute Gasteiger partial charge is 0.359 e. The topological polar surface area (TPSA) is 123 Å². The van der Waals surface area contributed by atoms with E-state index < -0.39 is 16.7 Å². The van der Waals surface area contributed by atoms with Crippen molar-refractivity contribution in [3.05, 3.63) is 106 Å². The lowest BCUT2D eigenvalue weighted by atomic mass is 10.2. The number of thioether (sulfide) groups is 1. The van der Waals surface area contributed by atoms with Crippen molar-refractivity contribution in [2.45, 2.75) is 18.4 Å². The van der Waals surface area contributed by atoms with Crippen molar-refractivity contribution in [1.29, 1.82) is 0 Å². The van der Waals surface area contributed by atoms with Crippen molar-refractivity contribution in [1.82, 2.24) is 0 Å². The Bertz CT molecular complexity index is 1290. The van der Waals surface area contributed by atoms with Gasteiger partial charge in [-0.3, -0.25) is 20.1 Å². The minimum absolute atomic E-state index is 0.128. The van der Waals surface area contributed by atoms with Gasteiger partial charge in [0, 0.05) is 23.3 Å². The summed E-state index contributed by atoms with van der Waals surface area (Å²) in [7, 11) is 0. The fourth-order valence-electron chi connectivity index (χ4n) is 3.29. The zero-order valence-electron chi connectivity index (χ0n) is 20.1. The minimum Gasteiger partial charge on any atom is -0.456 e. The Balaban J connectivity index is 1.63. The van der Waals surface area contributed by atoms with Gasteiger partial charge >= 0.3 is 5.97 Å². The van der Waals surface area contributed by atoms with Crippen LogP contribution in [-0.4, -0.2) is 29.9 Å². The number of nitro benzene ring substituents is 1. The lowest BCUT2D eigenvalue weighted by Gasteiger charge is -2.20. The summed E-state index contributed by atoms with van der Waals surface area (Å²) in [6, 6.07) is 19.8. The number of nitrogens with zero attached hydrogens (tertiary/aromatic N) is 3. The summed E-state index contributed by atoms with van der Waals surface area (Å²) < 4.78 is 18.5. The van der Waals surface area contributed by atoms with Crippen LogP contribution < -0.4 is 16.2 Å². The van der Waals surface area contributed by atoms with Crippen LogP contribution in [0.15, 0.2) is 94.1 Å². The molecule has 0 unspecified atom stereocenters. The van der Waals surface area contributed by atoms with E-state index in [1.165, 1.54) is 37.3 Å². The lowest BCUT2D eigenvalue weighted by molar-refractivity contribution is -0.384. The highest BCUT2D eigenvalue weighted by Crippen LogP contribution is 2.27. The SMILES string of the molecule is C=N/C(C(=O)OCc1ccc(NCCSc2ccccc2)c([N+](=O)[O-])c1)=C(/C)N(N)c1ccc(F)cc1. The molecule has 0 amide bonds. The summed E-state index contributed by atoms with van der Waals surface area (Å²) in [6.45, 7) is 5.24. The molecule has 0 aliphatic rings. The molecule has 0 aromatic heterocycles. The van der Waals surface area contributed by atoms with Crippen molar-refractivity contribution in [3.63, 3.8) is 0 Å². The molecule has 0 spiro atoms. The highest BCUT2D eigenvalue weighted by atomic mass is 32.2. The second-order valence-corrected chi connectivity index (χ2v) is 8.88. The number of ether oxygens (including phenoxy) is 1. The highest BCUT2D eigenvalue weighted by molar-refractivity contribution is 7.99. The fourth-order valence-corrected chi connectivity index (χ4v) is 4.08. The zero-order valence-corrected chi connectivity index (χ0v) is 20.9. The highest BCUT2D eigenvalue weighted by Gasteiger charge is 2.19. The molecule has 37 heavy (non-hydrogen) atoms. The standard InChI is InChI=1S/C26H26FN5O4S/c1-18(31(28)21-11-9-20(27)10-12-21)25(29-2)26(33)36-17-19-8-13-23(24(16-19)32(34)35)30-14-15-37-22-6-4-3-5-7-22/h3-13,16,30H,2,14-15,17,28H2,1H3/b25-18-. The number of hydrogen-bond acceptors (Lipinski definition) is 9. The molecule has 9 nitrogen and oxygen atoms in total. The number of nitrogens with two attached hydrogens (primary N) is 1. The van der Waals surface area contributed by atoms with Gasteiger partial charge in [-0.05, 0) is 61.7 Å². The van der Waals surface area contributed by atoms with E-state index in [2.05, 4.69) is 17.0 Å². The third kappa shape index (κ3) is 7.63. The number of benzene rings is 3. The molecule has 3 aromatic carbocycles. The Labute approximate surface area is 218 Å². The number of nitro groups is 1. The molecule has 0 fully saturated rings. The van der Waals surface area contributed by atoms with Gasteiger partial charge in [0.1, 0.15) is 18.1 Å². The molecule has 0 bridgehead atoms. The second-order valence-electron chi connectivity index (χ2n) is 7.71. The van der Waals surface area contributed by atoms with E-state index in [9.17, 15) is 19.3 Å². The Morgan fingerprint density at radius 2 is 1.89 bits per heavy atom. The van der Waals surface area contributed by atoms with Crippen molar-refractivity contribution >= 4 is 41.5 Å². The molecular weight excluding hydrogens is 497 g/mol. The van der Waals surface area contributed by atoms with Crippen molar-refractivity contribution in [2.75, 3.05) is 22.6 Å². The van der Waals surface area contributed by atoms with E-state index >= 15 is 0 Å². The molecule has 0 radical (unpaired) electrons. The van der Waals surface area contributed by atoms with Gasteiger partial charge in [0.25, 0.3) is 5.69 Å². The number of hydrazine groups is 1. The summed E-state index contributed by atoms with van der Waals surface area (Å²) in [6.07, 6.45) is 0. The van der Waals surface area contributed by atoms with Gasteiger partial charge in [-0.15, -0.1) is 11.8 Å². The van der Waals surface area contributed by atoms with Crippen LogP contribution in [0.1, 0.15) is 12.5 Å². The van der Waals surface area contributed by atoms with E-state index in [0.717, 1.165) is 15.7 Å². The molecule has 192 valence electrons. The fraction of sp³-hybridized carbons (Fsp3) is 0.154. The molecule has 3 N–H and O–H groups in total. The Morgan fingerprint density at radius 3 is 2.54 bits per heavy atom. The number of aliphatic imine (C=N–C) groups is 1. The summed E-state index contributed by atoms with van der Waals surface area (Å²) >= 11 is 1.64. The minimum atomic E-state index is -0.812. The largest absolute Gasteiger partial charge is 0.456 e. The van der Waals surface area contributed by atoms with Crippen LogP contribution in [0.2, 0.25) is 0 Å². The summed E-state index contributed by atoms with van der Waals surface area (Å²) in [4.78, 5) is 28.6. The molecule has 11 heteroatoms. The summed E-state index contributed by atoms with van der Waals surface area (Å²) in [5.74, 6) is 5.52. The van der Waals surface area contributed by atoms with E-state index in [4.69, 9.17) is 10.6 Å². The number of allylic oxidation sites excluding steroid dienone is 1. The number of carbonyl (C=O) groups is 1. The van der Waals surface area contributed by atoms with Crippen LogP contribution in [-0.2, 0) is 16.1 Å². The van der Waals surface area contributed by atoms with Gasteiger partial charge in [-0.2, -0.15) is 0 Å². The van der Waals surface area contributed by atoms with Crippen molar-refractivity contribution in [3.8, 4) is 0 Å². The molecule has 0 aliphatic heterocycles. The first-order chi connectivity index (χ1) is 17.8. The second kappa shape index (κ2) is 13.2. The number of carbonyl (C=O) groups excluding carboxylic acids is 1. The first kappa shape index (κ1) is 27.4. The summed E-state index contributed by atoms with van der Waals surface area (Å²) in [5, 5.41) is 15.9. The first-order valence-electron chi connectivity index (χ1n) is 11.1. The Kier molecular flexibility index (Phi) is 9.76. The van der Waals surface area contributed by atoms with E-state index in [0.29, 0.717) is 23.5 Å². The molecule has 0 aliphatic carbocycles. The average molecular weight is 524 g/mol. The molecule has 0 saturated heterocycles. The molecule has 3 aromatic rings. The van der Waals surface area contributed by atoms with Crippen molar-refractivity contribution in [2.24, 2.45) is 10.8 Å². The molecule has 0 heterocycles. The van der Waals surface area contributed by atoms with Crippen LogP contribution in [0.3, 0.4) is 0 Å². The van der Waals surface area contributed by atoms with E-state index in [-0.39, 0.29) is 23.7 Å². The molecule has 0 saturated carbocycles. The molecule has 3 rings (SSSR count). The van der Waals surface area contributed by atoms with Gasteiger partial charge in [-0.25, -0.2) is 15.0 Å². The quantitative estimate of drug-likeness (QED) is 0.0480. The predicted molar refractivity (Wildman–Crippen MR) is 144 cm³/mol. The lowest BCUT2D eigenvalue weighted by Crippen LogP contribution is -2.31.